The maximum Gasteiger partial charge on any atom is 0.258 e. The third kappa shape index (κ3) is 8.59. The maximum absolute atomic E-state index is 13.1. The van der Waals surface area contributed by atoms with E-state index < -0.39 is 0 Å². The summed E-state index contributed by atoms with van der Waals surface area (Å²) >= 11 is 0. The Bertz CT molecular complexity index is 1420. The van der Waals surface area contributed by atoms with Crippen molar-refractivity contribution in [1.82, 2.24) is 15.2 Å². The Balaban J connectivity index is 0.00000484. The molecule has 2 amide bonds. The molecule has 0 bridgehead atoms. The number of carbonyl (C=O) groups is 2. The van der Waals surface area contributed by atoms with Gasteiger partial charge >= 0.3 is 0 Å². The fourth-order valence-corrected chi connectivity index (χ4v) is 4.95. The van der Waals surface area contributed by atoms with E-state index in [0.717, 1.165) is 46.9 Å². The van der Waals surface area contributed by atoms with Gasteiger partial charge in [0.1, 0.15) is 11.5 Å². The number of unbranched alkanes of at least 4 members (excludes halogenated alkanes) is 1. The number of methoxy groups -OCH3 is 1. The van der Waals surface area contributed by atoms with E-state index in [0.29, 0.717) is 31.0 Å². The summed E-state index contributed by atoms with van der Waals surface area (Å²) in [6.07, 6.45) is 5.08. The topological polar surface area (TPSA) is 104 Å². The van der Waals surface area contributed by atoms with Gasteiger partial charge in [-0.2, -0.15) is 0 Å². The van der Waals surface area contributed by atoms with Gasteiger partial charge in [0, 0.05) is 50.7 Å². The molecule has 8 heteroatoms. The molecule has 218 valence electrons. The van der Waals surface area contributed by atoms with Gasteiger partial charge in [0.15, 0.2) is 6.61 Å². The number of H-pyrrole nitrogens is 1. The van der Waals surface area contributed by atoms with Crippen LogP contribution in [0, 0.1) is 0 Å². The molecule has 0 radical (unpaired) electrons. The Kier molecular flexibility index (Phi) is 10.8. The second kappa shape index (κ2) is 14.9. The van der Waals surface area contributed by atoms with Gasteiger partial charge in [-0.25, -0.2) is 0 Å². The largest absolute Gasteiger partial charge is 0.496 e. The summed E-state index contributed by atoms with van der Waals surface area (Å²) in [7, 11) is 1.61. The predicted molar refractivity (Wildman–Crippen MR) is 162 cm³/mol. The van der Waals surface area contributed by atoms with Crippen LogP contribution in [0.25, 0.3) is 10.9 Å². The van der Waals surface area contributed by atoms with E-state index in [1.807, 2.05) is 79.0 Å². The van der Waals surface area contributed by atoms with E-state index >= 15 is 0 Å². The first-order valence-electron chi connectivity index (χ1n) is 14.0. The molecule has 0 aliphatic carbocycles. The summed E-state index contributed by atoms with van der Waals surface area (Å²) in [4.78, 5) is 30.8. The first-order valence-corrected chi connectivity index (χ1v) is 14.0. The van der Waals surface area contributed by atoms with Gasteiger partial charge in [-0.1, -0.05) is 48.5 Å². The van der Waals surface area contributed by atoms with Crippen LogP contribution in [-0.2, 0) is 29.0 Å². The lowest BCUT2D eigenvalue weighted by Crippen LogP contribution is -2.47. The number of hydrogen-bond donors (Lipinski definition) is 3. The van der Waals surface area contributed by atoms with Gasteiger partial charge in [0.2, 0.25) is 5.91 Å². The Labute approximate surface area is 242 Å². The van der Waals surface area contributed by atoms with Gasteiger partial charge < -0.3 is 29.8 Å². The molecule has 0 fully saturated rings. The van der Waals surface area contributed by atoms with Crippen LogP contribution in [0.4, 0.5) is 0 Å². The molecule has 1 unspecified atom stereocenters. The van der Waals surface area contributed by atoms with Crippen LogP contribution in [0.3, 0.4) is 0 Å². The average Bonchev–Trinajstić information content (AvgIpc) is 3.39. The van der Waals surface area contributed by atoms with Crippen molar-refractivity contribution in [3.05, 3.63) is 95.7 Å². The monoisotopic (exact) mass is 559 g/mol. The van der Waals surface area contributed by atoms with Crippen molar-refractivity contribution in [2.45, 2.75) is 45.2 Å². The van der Waals surface area contributed by atoms with E-state index in [9.17, 15) is 9.59 Å². The number of aromatic nitrogens is 1. The molecule has 0 aliphatic heterocycles. The van der Waals surface area contributed by atoms with Crippen LogP contribution < -0.4 is 14.8 Å². The number of hydrogen-bond acceptors (Lipinski definition) is 5. The number of benzene rings is 3. The number of ether oxygens (including phenoxy) is 2. The van der Waals surface area contributed by atoms with Crippen LogP contribution in [0.1, 0.15) is 37.9 Å². The van der Waals surface area contributed by atoms with Crippen molar-refractivity contribution < 1.29 is 25.6 Å². The molecule has 0 saturated heterocycles. The molecule has 8 nitrogen and oxygen atoms in total. The standard InChI is InChI=1S/C33H39N3O5.H2/c1-24(38)36(21-26-10-3-6-13-32(26)40-2)22-28(19-27-20-34-31-12-5-4-11-30(27)31)35-33(39)23-41-29-16-14-25(15-17-29)9-7-8-18-37;/h3-6,10-17,20,28,34,37H,7-9,18-19,21-23H2,1-2H3,(H,35,39);1H. The smallest absolute Gasteiger partial charge is 0.258 e. The molecule has 4 aromatic rings. The van der Waals surface area contributed by atoms with E-state index in [-0.39, 0.29) is 32.5 Å². The normalized spacial score (nSPS) is 11.7. The predicted octanol–water partition coefficient (Wildman–Crippen LogP) is 4.89. The zero-order valence-electron chi connectivity index (χ0n) is 23.8. The summed E-state index contributed by atoms with van der Waals surface area (Å²) in [6.45, 7) is 2.28. The number of fused-ring (bicyclic) bond motifs is 1. The van der Waals surface area contributed by atoms with E-state index in [2.05, 4.69) is 10.3 Å². The Hall–Kier alpha value is -4.30. The number of aliphatic hydroxyl groups excluding tert-OH is 1. The number of amides is 2. The van der Waals surface area contributed by atoms with Crippen molar-refractivity contribution in [3.8, 4) is 11.5 Å². The third-order valence-electron chi connectivity index (χ3n) is 7.11. The maximum atomic E-state index is 13.1. The number of aryl methyl sites for hydroxylation is 1. The summed E-state index contributed by atoms with van der Waals surface area (Å²) in [5, 5.41) is 13.2. The molecule has 1 aromatic heterocycles. The molecular weight excluding hydrogens is 518 g/mol. The van der Waals surface area contributed by atoms with Crippen molar-refractivity contribution in [2.75, 3.05) is 26.9 Å². The Morgan fingerprint density at radius 2 is 1.76 bits per heavy atom. The number of aliphatic hydroxyl groups is 1. The lowest BCUT2D eigenvalue weighted by Gasteiger charge is -2.28. The van der Waals surface area contributed by atoms with E-state index in [4.69, 9.17) is 14.6 Å². The minimum Gasteiger partial charge on any atom is -0.496 e. The van der Waals surface area contributed by atoms with Crippen molar-refractivity contribution in [3.63, 3.8) is 0 Å². The summed E-state index contributed by atoms with van der Waals surface area (Å²) in [6, 6.07) is 23.0. The number of carbonyl (C=O) groups excluding carboxylic acids is 2. The average molecular weight is 560 g/mol. The van der Waals surface area contributed by atoms with Gasteiger partial charge in [-0.3, -0.25) is 9.59 Å². The van der Waals surface area contributed by atoms with Crippen LogP contribution >= 0.6 is 0 Å². The highest BCUT2D eigenvalue weighted by Crippen LogP contribution is 2.22. The fraction of sp³-hybridized carbons (Fsp3) is 0.333. The van der Waals surface area contributed by atoms with Crippen molar-refractivity contribution in [2.24, 2.45) is 0 Å². The summed E-state index contributed by atoms with van der Waals surface area (Å²) in [5.74, 6) is 0.969. The van der Waals surface area contributed by atoms with Gasteiger partial charge in [-0.15, -0.1) is 0 Å². The molecule has 3 N–H and O–H groups in total. The van der Waals surface area contributed by atoms with Crippen molar-refractivity contribution in [1.29, 1.82) is 0 Å². The van der Waals surface area contributed by atoms with Crippen LogP contribution in [0.2, 0.25) is 0 Å². The molecule has 0 saturated carbocycles. The fourth-order valence-electron chi connectivity index (χ4n) is 4.95. The Morgan fingerprint density at radius 3 is 2.51 bits per heavy atom. The van der Waals surface area contributed by atoms with E-state index in [1.165, 1.54) is 6.92 Å². The first kappa shape index (κ1) is 29.7. The highest BCUT2D eigenvalue weighted by atomic mass is 16.5. The SMILES string of the molecule is COc1ccccc1CN(CC(Cc1c[nH]c2ccccc12)NC(=O)COc1ccc(CCCCO)cc1)C(C)=O.[HH]. The highest BCUT2D eigenvalue weighted by Gasteiger charge is 2.22. The quantitative estimate of drug-likeness (QED) is 0.180. The minimum absolute atomic E-state index is 0. The summed E-state index contributed by atoms with van der Waals surface area (Å²) in [5.41, 5.74) is 4.14. The zero-order valence-corrected chi connectivity index (χ0v) is 23.8. The molecule has 1 heterocycles. The molecule has 41 heavy (non-hydrogen) atoms. The van der Waals surface area contributed by atoms with Crippen molar-refractivity contribution >= 4 is 22.7 Å². The van der Waals surface area contributed by atoms with Crippen LogP contribution in [0.15, 0.2) is 79.0 Å². The second-order valence-corrected chi connectivity index (χ2v) is 10.2. The third-order valence-corrected chi connectivity index (χ3v) is 7.11. The lowest BCUT2D eigenvalue weighted by atomic mass is 10.0. The highest BCUT2D eigenvalue weighted by molar-refractivity contribution is 5.83. The van der Waals surface area contributed by atoms with Gasteiger partial charge in [0.05, 0.1) is 13.2 Å². The van der Waals surface area contributed by atoms with Gasteiger partial charge in [-0.05, 0) is 61.1 Å². The molecular formula is C33H41N3O5. The number of nitrogens with zero attached hydrogens (tertiary/aromatic N) is 1. The molecule has 0 spiro atoms. The number of aromatic amines is 1. The Morgan fingerprint density at radius 1 is 1.00 bits per heavy atom. The molecule has 0 aliphatic rings. The van der Waals surface area contributed by atoms with Crippen LogP contribution in [-0.4, -0.2) is 59.7 Å². The number of nitrogens with one attached hydrogen (secondary N) is 2. The van der Waals surface area contributed by atoms with E-state index in [1.54, 1.807) is 12.0 Å². The number of rotatable bonds is 15. The molecule has 4 rings (SSSR count). The molecule has 3 aromatic carbocycles. The summed E-state index contributed by atoms with van der Waals surface area (Å²) < 4.78 is 11.3. The van der Waals surface area contributed by atoms with Gasteiger partial charge in [0.25, 0.3) is 5.91 Å². The first-order chi connectivity index (χ1) is 20.0. The second-order valence-electron chi connectivity index (χ2n) is 10.2. The molecule has 1 atom stereocenters. The van der Waals surface area contributed by atoms with Crippen LogP contribution in [0.5, 0.6) is 11.5 Å². The minimum atomic E-state index is -0.349. The number of para-hydroxylation sites is 2. The lowest BCUT2D eigenvalue weighted by molar-refractivity contribution is -0.131. The zero-order chi connectivity index (χ0) is 29.0.